The number of amides is 1. The number of halogens is 1. The molecule has 1 aliphatic rings. The van der Waals surface area contributed by atoms with Crippen LogP contribution in [0.5, 0.6) is 5.75 Å². The molecule has 33 heavy (non-hydrogen) atoms. The second kappa shape index (κ2) is 11.9. The highest BCUT2D eigenvalue weighted by Gasteiger charge is 2.21. The van der Waals surface area contributed by atoms with Gasteiger partial charge in [-0.25, -0.2) is 4.39 Å². The van der Waals surface area contributed by atoms with Crippen molar-refractivity contribution >= 4 is 11.7 Å². The number of likely N-dealkylation sites (tertiary alicyclic amines) is 1. The molecular formula is C27H35FN2O3. The summed E-state index contributed by atoms with van der Waals surface area (Å²) in [6.07, 6.45) is 3.10. The van der Waals surface area contributed by atoms with Gasteiger partial charge in [-0.15, -0.1) is 0 Å². The number of carbonyl (C=O) groups excluding carboxylic acids is 2. The topological polar surface area (TPSA) is 58.6 Å². The Morgan fingerprint density at radius 2 is 1.73 bits per heavy atom. The van der Waals surface area contributed by atoms with Crippen LogP contribution in [0.3, 0.4) is 0 Å². The van der Waals surface area contributed by atoms with Crippen LogP contribution in [-0.2, 0) is 17.8 Å². The molecule has 178 valence electrons. The summed E-state index contributed by atoms with van der Waals surface area (Å²) in [6.45, 7) is 6.68. The third kappa shape index (κ3) is 7.67. The lowest BCUT2D eigenvalue weighted by Crippen LogP contribution is -2.44. The van der Waals surface area contributed by atoms with Crippen LogP contribution < -0.4 is 10.1 Å². The monoisotopic (exact) mass is 454 g/mol. The maximum atomic E-state index is 13.9. The molecule has 2 aromatic rings. The second-order valence-electron chi connectivity index (χ2n) is 9.30. The second-order valence-corrected chi connectivity index (χ2v) is 9.30. The highest BCUT2D eigenvalue weighted by Crippen LogP contribution is 2.20. The lowest BCUT2D eigenvalue weighted by molar-refractivity contribution is -0.122. The number of methoxy groups -OCH3 is 1. The van der Waals surface area contributed by atoms with Gasteiger partial charge in [-0.05, 0) is 48.4 Å². The number of piperidine rings is 1. The van der Waals surface area contributed by atoms with Gasteiger partial charge in [-0.3, -0.25) is 14.5 Å². The van der Waals surface area contributed by atoms with Crippen molar-refractivity contribution < 1.29 is 18.7 Å². The third-order valence-corrected chi connectivity index (χ3v) is 6.07. The molecule has 0 aromatic heterocycles. The molecular weight excluding hydrogens is 419 g/mol. The number of nitrogens with zero attached hydrogens (tertiary/aromatic N) is 1. The van der Waals surface area contributed by atoms with Gasteiger partial charge in [-0.2, -0.15) is 0 Å². The number of Topliss-reactive ketones (excluding diaryl/α,β-unsaturated/α-hetero) is 1. The van der Waals surface area contributed by atoms with E-state index in [1.165, 1.54) is 18.7 Å². The van der Waals surface area contributed by atoms with Crippen LogP contribution in [0, 0.1) is 11.7 Å². The molecule has 1 aliphatic heterocycles. The molecule has 6 heteroatoms. The number of carbonyl (C=O) groups is 2. The first kappa shape index (κ1) is 24.9. The van der Waals surface area contributed by atoms with E-state index in [0.29, 0.717) is 18.0 Å². The predicted octanol–water partition coefficient (Wildman–Crippen LogP) is 4.78. The zero-order valence-electron chi connectivity index (χ0n) is 19.9. The fraction of sp³-hybridized carbons (Fsp3) is 0.481. The van der Waals surface area contributed by atoms with E-state index in [1.54, 1.807) is 6.07 Å². The average molecular weight is 455 g/mol. The van der Waals surface area contributed by atoms with Crippen LogP contribution in [0.25, 0.3) is 0 Å². The van der Waals surface area contributed by atoms with Crippen molar-refractivity contribution in [1.29, 1.82) is 0 Å². The van der Waals surface area contributed by atoms with Crippen molar-refractivity contribution in [2.75, 3.05) is 20.2 Å². The summed E-state index contributed by atoms with van der Waals surface area (Å²) < 4.78 is 18.9. The van der Waals surface area contributed by atoms with Crippen LogP contribution in [0.4, 0.5) is 4.39 Å². The normalized spacial score (nSPS) is 14.9. The smallest absolute Gasteiger partial charge is 0.220 e. The van der Waals surface area contributed by atoms with Gasteiger partial charge in [0.1, 0.15) is 0 Å². The van der Waals surface area contributed by atoms with E-state index in [9.17, 15) is 14.0 Å². The Morgan fingerprint density at radius 1 is 1.06 bits per heavy atom. The first-order valence-corrected chi connectivity index (χ1v) is 11.8. The van der Waals surface area contributed by atoms with Gasteiger partial charge in [-0.1, -0.05) is 44.2 Å². The van der Waals surface area contributed by atoms with Gasteiger partial charge in [0.25, 0.3) is 0 Å². The minimum atomic E-state index is -0.349. The van der Waals surface area contributed by atoms with E-state index < -0.39 is 0 Å². The number of nitrogens with one attached hydrogen (secondary N) is 1. The van der Waals surface area contributed by atoms with Gasteiger partial charge in [0.15, 0.2) is 17.3 Å². The Morgan fingerprint density at radius 3 is 2.33 bits per heavy atom. The van der Waals surface area contributed by atoms with Gasteiger partial charge in [0.2, 0.25) is 5.91 Å². The highest BCUT2D eigenvalue weighted by molar-refractivity contribution is 5.98. The number of benzene rings is 2. The molecule has 1 heterocycles. The first-order chi connectivity index (χ1) is 15.8. The van der Waals surface area contributed by atoms with Crippen molar-refractivity contribution in [2.45, 2.75) is 58.5 Å². The molecule has 1 amide bonds. The fourth-order valence-electron chi connectivity index (χ4n) is 4.27. The predicted molar refractivity (Wildman–Crippen MR) is 128 cm³/mol. The van der Waals surface area contributed by atoms with Gasteiger partial charge in [0, 0.05) is 44.1 Å². The zero-order chi connectivity index (χ0) is 23.8. The lowest BCUT2D eigenvalue weighted by atomic mass is 9.99. The Balaban J connectivity index is 1.37. The van der Waals surface area contributed by atoms with Crippen LogP contribution in [-0.4, -0.2) is 42.8 Å². The summed E-state index contributed by atoms with van der Waals surface area (Å²) in [6, 6.07) is 12.9. The van der Waals surface area contributed by atoms with Crippen molar-refractivity contribution in [1.82, 2.24) is 10.2 Å². The van der Waals surface area contributed by atoms with E-state index in [1.807, 2.05) is 30.3 Å². The Labute approximate surface area is 196 Å². The highest BCUT2D eigenvalue weighted by atomic mass is 19.1. The van der Waals surface area contributed by atoms with Crippen molar-refractivity contribution in [3.05, 3.63) is 65.0 Å². The molecule has 1 saturated heterocycles. The number of ether oxygens (including phenoxy) is 1. The summed E-state index contributed by atoms with van der Waals surface area (Å²) in [4.78, 5) is 27.1. The van der Waals surface area contributed by atoms with E-state index in [-0.39, 0.29) is 42.1 Å². The van der Waals surface area contributed by atoms with Crippen LogP contribution >= 0.6 is 0 Å². The van der Waals surface area contributed by atoms with Crippen LogP contribution in [0.1, 0.15) is 61.0 Å². The van der Waals surface area contributed by atoms with Crippen molar-refractivity contribution in [3.8, 4) is 5.75 Å². The SMILES string of the molecule is COc1ccc(CN2CCC(NC(=O)CCC(=O)c3ccc(CC(C)C)cc3)CC2)cc1F. The van der Waals surface area contributed by atoms with Crippen molar-refractivity contribution in [2.24, 2.45) is 5.92 Å². The van der Waals surface area contributed by atoms with Crippen LogP contribution in [0.2, 0.25) is 0 Å². The van der Waals surface area contributed by atoms with E-state index in [2.05, 4.69) is 24.1 Å². The molecule has 1 N–H and O–H groups in total. The quantitative estimate of drug-likeness (QED) is 0.525. The standard InChI is InChI=1S/C27H35FN2O3/c1-19(2)16-20-4-7-22(8-5-20)25(31)9-11-27(32)29-23-12-14-30(15-13-23)18-21-6-10-26(33-3)24(28)17-21/h4-8,10,17,19,23H,9,11-16,18H2,1-3H3,(H,29,32). The summed E-state index contributed by atoms with van der Waals surface area (Å²) in [7, 11) is 1.46. The summed E-state index contributed by atoms with van der Waals surface area (Å²) in [5.74, 6) is 0.408. The maximum Gasteiger partial charge on any atom is 0.220 e. The Bertz CT molecular complexity index is 935. The first-order valence-electron chi connectivity index (χ1n) is 11.8. The summed E-state index contributed by atoms with van der Waals surface area (Å²) in [5.41, 5.74) is 2.80. The molecule has 1 fully saturated rings. The number of ketones is 1. The summed E-state index contributed by atoms with van der Waals surface area (Å²) >= 11 is 0. The molecule has 0 aliphatic carbocycles. The molecule has 2 aromatic carbocycles. The molecule has 0 spiro atoms. The maximum absolute atomic E-state index is 13.9. The number of hydrogen-bond acceptors (Lipinski definition) is 4. The van der Waals surface area contributed by atoms with Crippen LogP contribution in [0.15, 0.2) is 42.5 Å². The van der Waals surface area contributed by atoms with E-state index >= 15 is 0 Å². The fourth-order valence-corrected chi connectivity index (χ4v) is 4.27. The van der Waals surface area contributed by atoms with Gasteiger partial charge in [0.05, 0.1) is 7.11 Å². The van der Waals surface area contributed by atoms with Gasteiger partial charge >= 0.3 is 0 Å². The van der Waals surface area contributed by atoms with Crippen molar-refractivity contribution in [3.63, 3.8) is 0 Å². The Hall–Kier alpha value is -2.73. The molecule has 0 atom stereocenters. The van der Waals surface area contributed by atoms with Gasteiger partial charge < -0.3 is 10.1 Å². The number of hydrogen-bond donors (Lipinski definition) is 1. The zero-order valence-corrected chi connectivity index (χ0v) is 19.9. The molecule has 3 rings (SSSR count). The lowest BCUT2D eigenvalue weighted by Gasteiger charge is -2.32. The molecule has 5 nitrogen and oxygen atoms in total. The molecule has 0 radical (unpaired) electrons. The Kier molecular flexibility index (Phi) is 9.01. The molecule has 0 saturated carbocycles. The number of rotatable bonds is 10. The molecule has 0 bridgehead atoms. The van der Waals surface area contributed by atoms with E-state index in [4.69, 9.17) is 4.74 Å². The minimum absolute atomic E-state index is 0.00258. The molecule has 0 unspecified atom stereocenters. The average Bonchev–Trinajstić information content (AvgIpc) is 2.79. The third-order valence-electron chi connectivity index (χ3n) is 6.07. The largest absolute Gasteiger partial charge is 0.494 e. The minimum Gasteiger partial charge on any atom is -0.494 e. The van der Waals surface area contributed by atoms with E-state index in [0.717, 1.165) is 37.9 Å². The summed E-state index contributed by atoms with van der Waals surface area (Å²) in [5, 5.41) is 3.07.